The first kappa shape index (κ1) is 13.1. The normalized spacial score (nSPS) is 11.9. The molecule has 6 heteroatoms. The Hall–Kier alpha value is -1.95. The van der Waals surface area contributed by atoms with Crippen molar-refractivity contribution in [2.45, 2.75) is 6.04 Å². The highest BCUT2D eigenvalue weighted by molar-refractivity contribution is 5.96. The Balaban J connectivity index is 2.73. The molecule has 0 saturated heterocycles. The molecule has 0 aliphatic rings. The van der Waals surface area contributed by atoms with Crippen LogP contribution in [-0.4, -0.2) is 36.7 Å². The van der Waals surface area contributed by atoms with Crippen LogP contribution >= 0.6 is 0 Å². The molecule has 0 radical (unpaired) electrons. The highest BCUT2D eigenvalue weighted by Crippen LogP contribution is 2.03. The van der Waals surface area contributed by atoms with Crippen LogP contribution in [0.1, 0.15) is 10.4 Å². The molecule has 1 atom stereocenters. The summed E-state index contributed by atoms with van der Waals surface area (Å²) in [6.07, 6.45) is 0. The summed E-state index contributed by atoms with van der Waals surface area (Å²) in [7, 11) is 1.32. The summed E-state index contributed by atoms with van der Waals surface area (Å²) in [6.45, 7) is -0.156. The van der Waals surface area contributed by atoms with E-state index < -0.39 is 23.7 Å². The van der Waals surface area contributed by atoms with Crippen molar-refractivity contribution >= 4 is 11.9 Å². The minimum atomic E-state index is -1.21. The van der Waals surface area contributed by atoms with E-state index in [9.17, 15) is 14.0 Å². The standard InChI is InChI=1S/C11H12FNO4/c1-17-6-9(11(15)16)13-10(14)7-3-2-4-8(12)5-7/h2-5,9H,6H2,1H3,(H,13,14)(H,15,16). The second kappa shape index (κ2) is 5.95. The number of carbonyl (C=O) groups excluding carboxylic acids is 1. The van der Waals surface area contributed by atoms with Gasteiger partial charge in [0.1, 0.15) is 5.82 Å². The molecule has 17 heavy (non-hydrogen) atoms. The zero-order valence-electron chi connectivity index (χ0n) is 9.14. The minimum Gasteiger partial charge on any atom is -0.480 e. The zero-order chi connectivity index (χ0) is 12.8. The number of amides is 1. The molecule has 1 aromatic rings. The Kier molecular flexibility index (Phi) is 4.59. The minimum absolute atomic E-state index is 0.0624. The molecule has 0 saturated carbocycles. The SMILES string of the molecule is COCC(NC(=O)c1cccc(F)c1)C(=O)O. The third-order valence-electron chi connectivity index (χ3n) is 2.02. The average Bonchev–Trinajstić information content (AvgIpc) is 2.28. The van der Waals surface area contributed by atoms with E-state index in [1.165, 1.54) is 25.3 Å². The van der Waals surface area contributed by atoms with Crippen LogP contribution in [0.2, 0.25) is 0 Å². The Morgan fingerprint density at radius 1 is 1.53 bits per heavy atom. The number of ether oxygens (including phenoxy) is 1. The summed E-state index contributed by atoms with van der Waals surface area (Å²) >= 11 is 0. The third kappa shape index (κ3) is 3.84. The maximum absolute atomic E-state index is 12.9. The second-order valence-electron chi connectivity index (χ2n) is 3.33. The second-order valence-corrected chi connectivity index (χ2v) is 3.33. The Labute approximate surface area is 97.2 Å². The molecule has 5 nitrogen and oxygen atoms in total. The van der Waals surface area contributed by atoms with E-state index in [0.29, 0.717) is 0 Å². The van der Waals surface area contributed by atoms with Crippen molar-refractivity contribution in [1.82, 2.24) is 5.32 Å². The number of hydrogen-bond acceptors (Lipinski definition) is 3. The van der Waals surface area contributed by atoms with Crippen LogP contribution in [0.4, 0.5) is 4.39 Å². The first-order valence-corrected chi connectivity index (χ1v) is 4.82. The van der Waals surface area contributed by atoms with Crippen molar-refractivity contribution in [3.05, 3.63) is 35.6 Å². The number of rotatable bonds is 5. The van der Waals surface area contributed by atoms with E-state index in [2.05, 4.69) is 10.1 Å². The number of halogens is 1. The van der Waals surface area contributed by atoms with Gasteiger partial charge in [0.2, 0.25) is 0 Å². The van der Waals surface area contributed by atoms with Crippen molar-refractivity contribution in [1.29, 1.82) is 0 Å². The maximum atomic E-state index is 12.9. The van der Waals surface area contributed by atoms with Gasteiger partial charge in [0, 0.05) is 12.7 Å². The summed E-state index contributed by atoms with van der Waals surface area (Å²) in [4.78, 5) is 22.3. The zero-order valence-corrected chi connectivity index (χ0v) is 9.14. The van der Waals surface area contributed by atoms with Crippen LogP contribution in [-0.2, 0) is 9.53 Å². The largest absolute Gasteiger partial charge is 0.480 e. The molecule has 1 amide bonds. The predicted molar refractivity (Wildman–Crippen MR) is 57.2 cm³/mol. The summed E-state index contributed by atoms with van der Waals surface area (Å²) in [5, 5.41) is 11.0. The van der Waals surface area contributed by atoms with Gasteiger partial charge in [-0.3, -0.25) is 4.79 Å². The fraction of sp³-hybridized carbons (Fsp3) is 0.273. The topological polar surface area (TPSA) is 75.6 Å². The number of hydrogen-bond donors (Lipinski definition) is 2. The van der Waals surface area contributed by atoms with Gasteiger partial charge in [0.05, 0.1) is 6.61 Å². The molecular formula is C11H12FNO4. The van der Waals surface area contributed by atoms with Crippen LogP contribution in [0.5, 0.6) is 0 Å². The lowest BCUT2D eigenvalue weighted by molar-refractivity contribution is -0.140. The van der Waals surface area contributed by atoms with Crippen LogP contribution < -0.4 is 5.32 Å². The fourth-order valence-corrected chi connectivity index (χ4v) is 1.21. The predicted octanol–water partition coefficient (Wildman–Crippen LogP) is 0.655. The van der Waals surface area contributed by atoms with Gasteiger partial charge in [-0.2, -0.15) is 0 Å². The van der Waals surface area contributed by atoms with E-state index in [0.717, 1.165) is 6.07 Å². The maximum Gasteiger partial charge on any atom is 0.328 e. The van der Waals surface area contributed by atoms with Crippen molar-refractivity contribution in [2.24, 2.45) is 0 Å². The van der Waals surface area contributed by atoms with Crippen LogP contribution in [0, 0.1) is 5.82 Å². The first-order chi connectivity index (χ1) is 8.04. The molecule has 0 heterocycles. The van der Waals surface area contributed by atoms with Crippen LogP contribution in [0.3, 0.4) is 0 Å². The number of carboxylic acid groups (broad SMARTS) is 1. The number of methoxy groups -OCH3 is 1. The van der Waals surface area contributed by atoms with Gasteiger partial charge in [-0.25, -0.2) is 9.18 Å². The quantitative estimate of drug-likeness (QED) is 0.793. The van der Waals surface area contributed by atoms with E-state index in [4.69, 9.17) is 5.11 Å². The highest BCUT2D eigenvalue weighted by atomic mass is 19.1. The molecule has 92 valence electrons. The fourth-order valence-electron chi connectivity index (χ4n) is 1.21. The lowest BCUT2D eigenvalue weighted by Gasteiger charge is -2.13. The van der Waals surface area contributed by atoms with E-state index in [1.54, 1.807) is 0 Å². The molecule has 0 spiro atoms. The summed E-state index contributed by atoms with van der Waals surface area (Å²) in [5.74, 6) is -2.43. The number of nitrogens with one attached hydrogen (secondary N) is 1. The van der Waals surface area contributed by atoms with E-state index in [-0.39, 0.29) is 12.2 Å². The Morgan fingerprint density at radius 3 is 2.76 bits per heavy atom. The van der Waals surface area contributed by atoms with Gasteiger partial charge in [0.15, 0.2) is 6.04 Å². The lowest BCUT2D eigenvalue weighted by atomic mass is 10.2. The summed E-state index contributed by atoms with van der Waals surface area (Å²) in [6, 6.07) is 3.83. The summed E-state index contributed by atoms with van der Waals surface area (Å²) in [5.41, 5.74) is 0.0624. The monoisotopic (exact) mass is 241 g/mol. The van der Waals surface area contributed by atoms with E-state index in [1.807, 2.05) is 0 Å². The van der Waals surface area contributed by atoms with Crippen molar-refractivity contribution < 1.29 is 23.8 Å². The number of carboxylic acids is 1. The molecule has 0 bridgehead atoms. The Morgan fingerprint density at radius 2 is 2.24 bits per heavy atom. The van der Waals surface area contributed by atoms with E-state index >= 15 is 0 Å². The molecule has 0 aliphatic heterocycles. The van der Waals surface area contributed by atoms with Crippen LogP contribution in [0.15, 0.2) is 24.3 Å². The average molecular weight is 241 g/mol. The number of aliphatic carboxylic acids is 1. The number of carbonyl (C=O) groups is 2. The molecule has 1 unspecified atom stereocenters. The Bertz CT molecular complexity index is 422. The smallest absolute Gasteiger partial charge is 0.328 e. The van der Waals surface area contributed by atoms with Crippen molar-refractivity contribution in [2.75, 3.05) is 13.7 Å². The van der Waals surface area contributed by atoms with Crippen LogP contribution in [0.25, 0.3) is 0 Å². The third-order valence-corrected chi connectivity index (χ3v) is 2.02. The first-order valence-electron chi connectivity index (χ1n) is 4.82. The highest BCUT2D eigenvalue weighted by Gasteiger charge is 2.20. The molecule has 2 N–H and O–H groups in total. The van der Waals surface area contributed by atoms with Crippen molar-refractivity contribution in [3.8, 4) is 0 Å². The van der Waals surface area contributed by atoms with Gasteiger partial charge < -0.3 is 15.2 Å². The van der Waals surface area contributed by atoms with Gasteiger partial charge in [-0.1, -0.05) is 6.07 Å². The van der Waals surface area contributed by atoms with Crippen molar-refractivity contribution in [3.63, 3.8) is 0 Å². The molecule has 0 aliphatic carbocycles. The molecular weight excluding hydrogens is 229 g/mol. The summed E-state index contributed by atoms with van der Waals surface area (Å²) < 4.78 is 17.5. The van der Waals surface area contributed by atoms with Gasteiger partial charge in [-0.15, -0.1) is 0 Å². The van der Waals surface area contributed by atoms with Gasteiger partial charge in [0.25, 0.3) is 5.91 Å². The molecule has 1 rings (SSSR count). The van der Waals surface area contributed by atoms with Gasteiger partial charge in [-0.05, 0) is 18.2 Å². The number of benzene rings is 1. The van der Waals surface area contributed by atoms with Gasteiger partial charge >= 0.3 is 5.97 Å². The lowest BCUT2D eigenvalue weighted by Crippen LogP contribution is -2.43. The molecule has 0 aromatic heterocycles. The molecule has 0 fully saturated rings. The molecule has 1 aromatic carbocycles.